The molecule has 0 amide bonds. The highest BCUT2D eigenvalue weighted by molar-refractivity contribution is 7.80. The second kappa shape index (κ2) is 6.50. The number of hydrogen-bond donors (Lipinski definition) is 1. The van der Waals surface area contributed by atoms with Crippen LogP contribution < -0.4 is 4.90 Å². The molecule has 2 aromatic rings. The summed E-state index contributed by atoms with van der Waals surface area (Å²) >= 11 is 4.25. The van der Waals surface area contributed by atoms with Gasteiger partial charge in [-0.1, -0.05) is 42.5 Å². The number of thiol groups is 1. The Morgan fingerprint density at radius 1 is 0.889 bits per heavy atom. The fourth-order valence-corrected chi connectivity index (χ4v) is 2.12. The van der Waals surface area contributed by atoms with E-state index >= 15 is 0 Å². The molecular weight excluding hydrogens is 238 g/mol. The van der Waals surface area contributed by atoms with Crippen LogP contribution in [0.2, 0.25) is 0 Å². The zero-order valence-electron chi connectivity index (χ0n) is 10.7. The maximum atomic E-state index is 4.25. The SMILES string of the molecule is CN(CCCS)c1ccc(-c2ccccc2)cc1. The van der Waals surface area contributed by atoms with Crippen molar-refractivity contribution >= 4 is 18.3 Å². The van der Waals surface area contributed by atoms with Gasteiger partial charge in [0.2, 0.25) is 0 Å². The minimum absolute atomic E-state index is 0.937. The minimum atomic E-state index is 0.937. The third-order valence-electron chi connectivity index (χ3n) is 3.07. The highest BCUT2D eigenvalue weighted by Gasteiger charge is 2.01. The van der Waals surface area contributed by atoms with Gasteiger partial charge in [-0.05, 0) is 35.4 Å². The van der Waals surface area contributed by atoms with Crippen molar-refractivity contribution in [3.8, 4) is 11.1 Å². The molecule has 0 aromatic heterocycles. The van der Waals surface area contributed by atoms with Gasteiger partial charge in [-0.25, -0.2) is 0 Å². The summed E-state index contributed by atoms with van der Waals surface area (Å²) < 4.78 is 0. The van der Waals surface area contributed by atoms with Crippen LogP contribution in [0.1, 0.15) is 6.42 Å². The summed E-state index contributed by atoms with van der Waals surface area (Å²) in [5, 5.41) is 0. The summed E-state index contributed by atoms with van der Waals surface area (Å²) in [6.45, 7) is 1.05. The van der Waals surface area contributed by atoms with E-state index in [4.69, 9.17) is 0 Å². The Morgan fingerprint density at radius 3 is 2.11 bits per heavy atom. The van der Waals surface area contributed by atoms with Crippen LogP contribution in [0.15, 0.2) is 54.6 Å². The summed E-state index contributed by atoms with van der Waals surface area (Å²) in [5.41, 5.74) is 3.79. The Morgan fingerprint density at radius 2 is 1.50 bits per heavy atom. The molecule has 0 bridgehead atoms. The van der Waals surface area contributed by atoms with E-state index in [9.17, 15) is 0 Å². The monoisotopic (exact) mass is 257 g/mol. The van der Waals surface area contributed by atoms with Crippen LogP contribution in [-0.2, 0) is 0 Å². The van der Waals surface area contributed by atoms with Crippen molar-refractivity contribution in [3.63, 3.8) is 0 Å². The zero-order chi connectivity index (χ0) is 12.8. The highest BCUT2D eigenvalue weighted by Crippen LogP contribution is 2.22. The third-order valence-corrected chi connectivity index (χ3v) is 3.38. The van der Waals surface area contributed by atoms with Crippen molar-refractivity contribution in [3.05, 3.63) is 54.6 Å². The summed E-state index contributed by atoms with van der Waals surface area (Å²) in [4.78, 5) is 2.27. The summed E-state index contributed by atoms with van der Waals surface area (Å²) in [6.07, 6.45) is 1.11. The average molecular weight is 257 g/mol. The molecule has 0 atom stereocenters. The van der Waals surface area contributed by atoms with E-state index < -0.39 is 0 Å². The fraction of sp³-hybridized carbons (Fsp3) is 0.250. The molecule has 0 aliphatic rings. The van der Waals surface area contributed by atoms with Crippen molar-refractivity contribution in [2.75, 3.05) is 24.2 Å². The molecule has 0 spiro atoms. The second-order valence-electron chi connectivity index (χ2n) is 4.41. The minimum Gasteiger partial charge on any atom is -0.375 e. The molecule has 0 heterocycles. The Kier molecular flexibility index (Phi) is 4.71. The second-order valence-corrected chi connectivity index (χ2v) is 4.86. The van der Waals surface area contributed by atoms with E-state index in [1.54, 1.807) is 0 Å². The Labute approximate surface area is 115 Å². The zero-order valence-corrected chi connectivity index (χ0v) is 11.6. The average Bonchev–Trinajstić information content (AvgIpc) is 2.46. The molecule has 0 radical (unpaired) electrons. The van der Waals surface area contributed by atoms with Crippen LogP contribution in [0.4, 0.5) is 5.69 Å². The van der Waals surface area contributed by atoms with E-state index in [0.29, 0.717) is 0 Å². The predicted octanol–water partition coefficient (Wildman–Crippen LogP) is 4.11. The first-order valence-corrected chi connectivity index (χ1v) is 6.92. The van der Waals surface area contributed by atoms with E-state index in [1.807, 2.05) is 6.07 Å². The molecule has 0 fully saturated rings. The highest BCUT2D eigenvalue weighted by atomic mass is 32.1. The molecule has 18 heavy (non-hydrogen) atoms. The van der Waals surface area contributed by atoms with Gasteiger partial charge in [0.1, 0.15) is 0 Å². The molecule has 0 saturated carbocycles. The van der Waals surface area contributed by atoms with Crippen LogP contribution in [0, 0.1) is 0 Å². The molecule has 0 aliphatic heterocycles. The fourth-order valence-electron chi connectivity index (χ4n) is 1.98. The summed E-state index contributed by atoms with van der Waals surface area (Å²) in [5.74, 6) is 0.937. The largest absolute Gasteiger partial charge is 0.375 e. The predicted molar refractivity (Wildman–Crippen MR) is 83.6 cm³/mol. The van der Waals surface area contributed by atoms with Crippen LogP contribution >= 0.6 is 12.6 Å². The number of hydrogen-bond acceptors (Lipinski definition) is 2. The normalized spacial score (nSPS) is 10.3. The Hall–Kier alpha value is -1.41. The molecule has 2 rings (SSSR count). The Balaban J connectivity index is 2.10. The first-order chi connectivity index (χ1) is 8.81. The Bertz CT molecular complexity index is 464. The molecule has 2 aromatic carbocycles. The molecule has 0 N–H and O–H groups in total. The molecule has 0 aliphatic carbocycles. The van der Waals surface area contributed by atoms with Gasteiger partial charge in [0, 0.05) is 19.3 Å². The quantitative estimate of drug-likeness (QED) is 0.789. The lowest BCUT2D eigenvalue weighted by molar-refractivity contribution is 0.861. The van der Waals surface area contributed by atoms with Gasteiger partial charge in [-0.3, -0.25) is 0 Å². The number of nitrogens with zero attached hydrogens (tertiary/aromatic N) is 1. The molecule has 0 unspecified atom stereocenters. The van der Waals surface area contributed by atoms with E-state index in [-0.39, 0.29) is 0 Å². The molecule has 1 nitrogen and oxygen atoms in total. The lowest BCUT2D eigenvalue weighted by Gasteiger charge is -2.19. The standard InChI is InChI=1S/C16H19NS/c1-17(12-5-13-18)16-10-8-15(9-11-16)14-6-3-2-4-7-14/h2-4,6-11,18H,5,12-13H2,1H3. The van der Waals surface area contributed by atoms with Crippen molar-refractivity contribution in [2.45, 2.75) is 6.42 Å². The van der Waals surface area contributed by atoms with Crippen molar-refractivity contribution in [1.29, 1.82) is 0 Å². The first kappa shape index (κ1) is 13.0. The van der Waals surface area contributed by atoms with Crippen molar-refractivity contribution in [2.24, 2.45) is 0 Å². The topological polar surface area (TPSA) is 3.24 Å². The number of anilines is 1. The third kappa shape index (κ3) is 3.30. The molecule has 2 heteroatoms. The molecular formula is C16H19NS. The lowest BCUT2D eigenvalue weighted by atomic mass is 10.1. The van der Waals surface area contributed by atoms with Gasteiger partial charge < -0.3 is 4.90 Å². The maximum Gasteiger partial charge on any atom is 0.0364 e. The first-order valence-electron chi connectivity index (χ1n) is 6.29. The van der Waals surface area contributed by atoms with Gasteiger partial charge in [0.05, 0.1) is 0 Å². The van der Waals surface area contributed by atoms with E-state index in [0.717, 1.165) is 18.7 Å². The van der Waals surface area contributed by atoms with Gasteiger partial charge in [-0.15, -0.1) is 0 Å². The van der Waals surface area contributed by atoms with Gasteiger partial charge in [-0.2, -0.15) is 12.6 Å². The van der Waals surface area contributed by atoms with E-state index in [2.05, 4.69) is 73.1 Å². The van der Waals surface area contributed by atoms with E-state index in [1.165, 1.54) is 16.8 Å². The lowest BCUT2D eigenvalue weighted by Crippen LogP contribution is -2.18. The summed E-state index contributed by atoms with van der Waals surface area (Å²) in [7, 11) is 2.13. The number of rotatable bonds is 5. The van der Waals surface area contributed by atoms with Crippen LogP contribution in [-0.4, -0.2) is 19.3 Å². The van der Waals surface area contributed by atoms with Crippen molar-refractivity contribution < 1.29 is 0 Å². The van der Waals surface area contributed by atoms with Crippen LogP contribution in [0.5, 0.6) is 0 Å². The van der Waals surface area contributed by atoms with Crippen LogP contribution in [0.25, 0.3) is 11.1 Å². The maximum absolute atomic E-state index is 4.25. The smallest absolute Gasteiger partial charge is 0.0364 e. The van der Waals surface area contributed by atoms with Gasteiger partial charge >= 0.3 is 0 Å². The molecule has 0 saturated heterocycles. The number of benzene rings is 2. The van der Waals surface area contributed by atoms with Crippen LogP contribution in [0.3, 0.4) is 0 Å². The molecule has 94 valence electrons. The summed E-state index contributed by atoms with van der Waals surface area (Å²) in [6, 6.07) is 19.2. The van der Waals surface area contributed by atoms with Gasteiger partial charge in [0.15, 0.2) is 0 Å². The van der Waals surface area contributed by atoms with Gasteiger partial charge in [0.25, 0.3) is 0 Å². The van der Waals surface area contributed by atoms with Crippen molar-refractivity contribution in [1.82, 2.24) is 0 Å².